The van der Waals surface area contributed by atoms with Crippen LogP contribution in [0.15, 0.2) is 18.2 Å². The summed E-state index contributed by atoms with van der Waals surface area (Å²) in [4.78, 5) is 46.8. The Morgan fingerprint density at radius 1 is 1.30 bits per heavy atom. The van der Waals surface area contributed by atoms with Crippen molar-refractivity contribution in [3.8, 4) is 5.75 Å². The van der Waals surface area contributed by atoms with Gasteiger partial charge in [-0.2, -0.15) is 0 Å². The molecule has 0 atom stereocenters. The minimum Gasteiger partial charge on any atom is -0.492 e. The fraction of sp³-hybridized carbons (Fsp3) is 0.421. The molecule has 0 unspecified atom stereocenters. The van der Waals surface area contributed by atoms with E-state index in [4.69, 9.17) is 20.3 Å². The number of nitrogens with two attached hydrogens (primary N) is 1. The molecule has 0 aliphatic rings. The number of carbonyl (C=O) groups is 2. The number of carbonyl (C=O) groups excluding carboxylic acids is 2. The van der Waals surface area contributed by atoms with Crippen LogP contribution < -0.4 is 15.8 Å². The van der Waals surface area contributed by atoms with Crippen molar-refractivity contribution in [3.63, 3.8) is 0 Å². The summed E-state index contributed by atoms with van der Waals surface area (Å²) in [5.41, 5.74) is 5.50. The molecule has 0 radical (unpaired) electrons. The molecule has 1 aromatic heterocycles. The van der Waals surface area contributed by atoms with E-state index in [2.05, 4.69) is 14.8 Å². The first-order valence-electron chi connectivity index (χ1n) is 9.15. The van der Waals surface area contributed by atoms with E-state index in [1.165, 1.54) is 6.92 Å². The number of nitrogens with one attached hydrogen (secondary N) is 1. The van der Waals surface area contributed by atoms with Gasteiger partial charge in [0.25, 0.3) is 0 Å². The number of anilines is 1. The van der Waals surface area contributed by atoms with Crippen molar-refractivity contribution in [2.45, 2.75) is 40.7 Å². The highest BCUT2D eigenvalue weighted by Crippen LogP contribution is 2.40. The molecule has 0 fully saturated rings. The molecule has 11 heteroatoms. The fourth-order valence-corrected chi connectivity index (χ4v) is 3.06. The zero-order chi connectivity index (χ0) is 22.9. The molecule has 1 heterocycles. The zero-order valence-corrected chi connectivity index (χ0v) is 18.3. The Bertz CT molecular complexity index is 1030. The van der Waals surface area contributed by atoms with Gasteiger partial charge in [-0.1, -0.05) is 6.07 Å². The number of hydrogen-bond donors (Lipinski definition) is 4. The van der Waals surface area contributed by atoms with Crippen molar-refractivity contribution in [3.05, 3.63) is 29.5 Å². The van der Waals surface area contributed by atoms with Crippen LogP contribution in [0.25, 0.3) is 10.9 Å². The summed E-state index contributed by atoms with van der Waals surface area (Å²) in [6.07, 6.45) is 0. The standard InChI is InChI=1S/C19H26N3O7P/c1-10(2)21-18(24)19(4,5)9-28-13-8-6-7-12-15(13)16(20)14(11(3)22-12)17(23)29-30(25,26)27/h6-8,10H,9H2,1-5H3,(H2,20,22)(H,21,24)(H2,25,26,27). The normalized spacial score (nSPS) is 12.1. The number of pyridine rings is 1. The lowest BCUT2D eigenvalue weighted by molar-refractivity contribution is -0.131. The van der Waals surface area contributed by atoms with Crippen molar-refractivity contribution in [1.29, 1.82) is 0 Å². The van der Waals surface area contributed by atoms with Gasteiger partial charge in [-0.15, -0.1) is 0 Å². The molecule has 10 nitrogen and oxygen atoms in total. The highest BCUT2D eigenvalue weighted by molar-refractivity contribution is 7.46. The van der Waals surface area contributed by atoms with Crippen LogP contribution in [0.3, 0.4) is 0 Å². The molecule has 0 spiro atoms. The molecule has 30 heavy (non-hydrogen) atoms. The number of ether oxygens (including phenoxy) is 1. The summed E-state index contributed by atoms with van der Waals surface area (Å²) >= 11 is 0. The third kappa shape index (κ3) is 5.47. The number of rotatable bonds is 7. The van der Waals surface area contributed by atoms with Gasteiger partial charge in [0.2, 0.25) is 5.91 Å². The Morgan fingerprint density at radius 2 is 1.93 bits per heavy atom. The molecule has 0 aliphatic carbocycles. The van der Waals surface area contributed by atoms with E-state index in [0.29, 0.717) is 5.52 Å². The smallest absolute Gasteiger partial charge is 0.492 e. The maximum absolute atomic E-state index is 12.4. The summed E-state index contributed by atoms with van der Waals surface area (Å²) in [5, 5.41) is 3.11. The van der Waals surface area contributed by atoms with Crippen LogP contribution in [-0.2, 0) is 13.9 Å². The molecule has 5 N–H and O–H groups in total. The van der Waals surface area contributed by atoms with Crippen LogP contribution in [0.1, 0.15) is 43.7 Å². The quantitative estimate of drug-likeness (QED) is 0.474. The Morgan fingerprint density at radius 3 is 2.50 bits per heavy atom. The Kier molecular flexibility index (Phi) is 6.76. The van der Waals surface area contributed by atoms with Gasteiger partial charge >= 0.3 is 13.8 Å². The van der Waals surface area contributed by atoms with Crippen molar-refractivity contribution in [1.82, 2.24) is 10.3 Å². The van der Waals surface area contributed by atoms with E-state index in [1.807, 2.05) is 13.8 Å². The number of nitrogens with zero attached hydrogens (tertiary/aromatic N) is 1. The summed E-state index contributed by atoms with van der Waals surface area (Å²) in [6, 6.07) is 4.91. The second-order valence-electron chi connectivity index (χ2n) is 7.81. The molecule has 0 bridgehead atoms. The minimum absolute atomic E-state index is 0.0141. The van der Waals surface area contributed by atoms with Crippen molar-refractivity contribution >= 4 is 36.3 Å². The minimum atomic E-state index is -5.07. The topological polar surface area (TPSA) is 161 Å². The molecule has 1 aromatic carbocycles. The van der Waals surface area contributed by atoms with Gasteiger partial charge in [0.15, 0.2) is 0 Å². The van der Waals surface area contributed by atoms with Gasteiger partial charge in [-0.05, 0) is 46.8 Å². The second kappa shape index (κ2) is 8.59. The maximum Gasteiger partial charge on any atom is 0.527 e. The van der Waals surface area contributed by atoms with E-state index in [1.54, 1.807) is 32.0 Å². The SMILES string of the molecule is Cc1nc2cccc(OCC(C)(C)C(=O)NC(C)C)c2c(N)c1C(=O)OP(=O)(O)O. The number of fused-ring (bicyclic) bond motifs is 1. The maximum atomic E-state index is 12.4. The molecule has 1 amide bonds. The van der Waals surface area contributed by atoms with Crippen LogP contribution in [0.2, 0.25) is 0 Å². The van der Waals surface area contributed by atoms with Crippen LogP contribution in [-0.4, -0.2) is 39.3 Å². The van der Waals surface area contributed by atoms with Crippen molar-refractivity contribution in [2.75, 3.05) is 12.3 Å². The average molecular weight is 439 g/mol. The van der Waals surface area contributed by atoms with E-state index >= 15 is 0 Å². The highest BCUT2D eigenvalue weighted by atomic mass is 31.2. The van der Waals surface area contributed by atoms with Gasteiger partial charge < -0.3 is 20.3 Å². The molecule has 0 saturated heterocycles. The van der Waals surface area contributed by atoms with Crippen LogP contribution >= 0.6 is 7.82 Å². The van der Waals surface area contributed by atoms with E-state index in [0.717, 1.165) is 0 Å². The van der Waals surface area contributed by atoms with Crippen molar-refractivity contribution in [2.24, 2.45) is 5.41 Å². The number of amides is 1. The largest absolute Gasteiger partial charge is 0.527 e. The van der Waals surface area contributed by atoms with Crippen LogP contribution in [0.5, 0.6) is 5.75 Å². The molecule has 2 rings (SSSR count). The summed E-state index contributed by atoms with van der Waals surface area (Å²) in [5.74, 6) is -1.21. The summed E-state index contributed by atoms with van der Waals surface area (Å²) in [7, 11) is -5.07. The van der Waals surface area contributed by atoms with Crippen LogP contribution in [0, 0.1) is 12.3 Å². The van der Waals surface area contributed by atoms with Gasteiger partial charge in [-0.3, -0.25) is 19.6 Å². The molecular formula is C19H26N3O7P. The molecule has 0 saturated carbocycles. The molecule has 0 aliphatic heterocycles. The third-order valence-electron chi connectivity index (χ3n) is 4.22. The monoisotopic (exact) mass is 439 g/mol. The number of nitrogen functional groups attached to an aromatic ring is 1. The van der Waals surface area contributed by atoms with Gasteiger partial charge in [0.05, 0.1) is 27.7 Å². The Balaban J connectivity index is 2.45. The average Bonchev–Trinajstić information content (AvgIpc) is 2.57. The number of benzene rings is 1. The Hall–Kier alpha value is -2.68. The van der Waals surface area contributed by atoms with Crippen LogP contribution in [0.4, 0.5) is 5.69 Å². The first-order valence-corrected chi connectivity index (χ1v) is 10.7. The lowest BCUT2D eigenvalue weighted by Crippen LogP contribution is -2.43. The zero-order valence-electron chi connectivity index (χ0n) is 17.4. The highest BCUT2D eigenvalue weighted by Gasteiger charge is 2.30. The number of aryl methyl sites for hydroxylation is 1. The predicted octanol–water partition coefficient (Wildman–Crippen LogP) is 2.30. The third-order valence-corrected chi connectivity index (χ3v) is 4.63. The Labute approximate surface area is 174 Å². The van der Waals surface area contributed by atoms with E-state index in [-0.39, 0.29) is 46.6 Å². The fourth-order valence-electron chi connectivity index (χ4n) is 2.75. The number of phosphoric ester groups is 1. The van der Waals surface area contributed by atoms with Gasteiger partial charge in [0, 0.05) is 6.04 Å². The van der Waals surface area contributed by atoms with Gasteiger partial charge in [0.1, 0.15) is 17.9 Å². The van der Waals surface area contributed by atoms with E-state index in [9.17, 15) is 14.2 Å². The molecular weight excluding hydrogens is 413 g/mol. The van der Waals surface area contributed by atoms with E-state index < -0.39 is 19.2 Å². The summed E-state index contributed by atoms with van der Waals surface area (Å²) < 4.78 is 21.1. The molecule has 2 aromatic rings. The first-order chi connectivity index (χ1) is 13.7. The second-order valence-corrected chi connectivity index (χ2v) is 8.97. The van der Waals surface area contributed by atoms with Crippen molar-refractivity contribution < 1.29 is 33.2 Å². The van der Waals surface area contributed by atoms with Gasteiger partial charge in [-0.25, -0.2) is 9.36 Å². The number of phosphoric acid groups is 1. The molecule has 164 valence electrons. The lowest BCUT2D eigenvalue weighted by atomic mass is 9.93. The number of hydrogen-bond acceptors (Lipinski definition) is 7. The number of aromatic nitrogens is 1. The summed E-state index contributed by atoms with van der Waals surface area (Å²) in [6.45, 7) is 8.65. The first kappa shape index (κ1) is 23.6. The lowest BCUT2D eigenvalue weighted by Gasteiger charge is -2.25. The predicted molar refractivity (Wildman–Crippen MR) is 111 cm³/mol.